The number of aryl methyl sites for hydroxylation is 1. The number of phenolic OH excluding ortho intramolecular Hbond substituents is 1. The molecule has 1 N–H and O–H groups in total. The quantitative estimate of drug-likeness (QED) is 0.869. The molecule has 1 aromatic heterocycles. The average Bonchev–Trinajstić information content (AvgIpc) is 2.97. The van der Waals surface area contributed by atoms with Crippen LogP contribution in [0, 0.1) is 0 Å². The highest BCUT2D eigenvalue weighted by Gasteiger charge is 2.46. The molecule has 0 saturated carbocycles. The number of hydrogen-bond donors (Lipinski definition) is 1. The zero-order chi connectivity index (χ0) is 16.0. The van der Waals surface area contributed by atoms with Crippen molar-refractivity contribution >= 4 is 0 Å². The summed E-state index contributed by atoms with van der Waals surface area (Å²) in [5, 5.41) is 18.8. The van der Waals surface area contributed by atoms with Crippen LogP contribution in [0.3, 0.4) is 0 Å². The van der Waals surface area contributed by atoms with Gasteiger partial charge in [-0.2, -0.15) is 0 Å². The van der Waals surface area contributed by atoms with Gasteiger partial charge in [-0.1, -0.05) is 17.3 Å². The Morgan fingerprint density at radius 2 is 2.22 bits per heavy atom. The second kappa shape index (κ2) is 5.32. The Hall–Kier alpha value is -1.92. The van der Waals surface area contributed by atoms with Gasteiger partial charge in [-0.25, -0.2) is 0 Å². The maximum absolute atomic E-state index is 10.5. The molecule has 1 saturated heterocycles. The zero-order valence-electron chi connectivity index (χ0n) is 13.6. The van der Waals surface area contributed by atoms with E-state index in [0.29, 0.717) is 12.4 Å². The number of aromatic hydroxyl groups is 1. The lowest BCUT2D eigenvalue weighted by Crippen LogP contribution is -2.47. The highest BCUT2D eigenvalue weighted by molar-refractivity contribution is 5.45. The third kappa shape index (κ3) is 2.33. The van der Waals surface area contributed by atoms with E-state index in [1.54, 1.807) is 10.7 Å². The van der Waals surface area contributed by atoms with Crippen LogP contribution in [0.15, 0.2) is 24.4 Å². The van der Waals surface area contributed by atoms with Gasteiger partial charge in [-0.05, 0) is 31.5 Å². The molecule has 1 fully saturated rings. The molecule has 2 aliphatic rings. The molecule has 2 atom stereocenters. The lowest BCUT2D eigenvalue weighted by Gasteiger charge is -2.47. The van der Waals surface area contributed by atoms with Crippen molar-refractivity contribution in [2.75, 3.05) is 20.2 Å². The summed E-state index contributed by atoms with van der Waals surface area (Å²) in [5.41, 5.74) is 2.72. The van der Waals surface area contributed by atoms with Crippen LogP contribution in [0.4, 0.5) is 0 Å². The van der Waals surface area contributed by atoms with Gasteiger partial charge in [0, 0.05) is 31.8 Å². The van der Waals surface area contributed by atoms with Crippen molar-refractivity contribution in [3.8, 4) is 5.75 Å². The van der Waals surface area contributed by atoms with E-state index < -0.39 is 5.60 Å². The van der Waals surface area contributed by atoms with Crippen LogP contribution in [-0.2, 0) is 23.8 Å². The second-order valence-corrected chi connectivity index (χ2v) is 6.67. The van der Waals surface area contributed by atoms with Crippen LogP contribution < -0.4 is 0 Å². The van der Waals surface area contributed by atoms with Crippen LogP contribution in [0.5, 0.6) is 5.75 Å². The van der Waals surface area contributed by atoms with Crippen molar-refractivity contribution in [3.05, 3.63) is 41.2 Å². The van der Waals surface area contributed by atoms with Gasteiger partial charge in [0.1, 0.15) is 11.4 Å². The molecule has 0 radical (unpaired) electrons. The van der Waals surface area contributed by atoms with Gasteiger partial charge in [-0.15, -0.1) is 5.10 Å². The molecule has 2 aliphatic heterocycles. The Balaban J connectivity index is 1.76. The number of likely N-dealkylation sites (tertiary alicyclic amines) is 1. The summed E-state index contributed by atoms with van der Waals surface area (Å²) in [6.07, 6.45) is 4.49. The molecular weight excluding hydrogens is 292 g/mol. The van der Waals surface area contributed by atoms with Gasteiger partial charge in [0.15, 0.2) is 0 Å². The molecule has 0 aliphatic carbocycles. The Bertz CT molecular complexity index is 729. The van der Waals surface area contributed by atoms with Crippen LogP contribution in [0.25, 0.3) is 0 Å². The number of piperidine rings is 1. The minimum atomic E-state index is -0.423. The van der Waals surface area contributed by atoms with Gasteiger partial charge >= 0.3 is 0 Å². The molecule has 2 aromatic rings. The summed E-state index contributed by atoms with van der Waals surface area (Å²) in [5.74, 6) is 0.352. The van der Waals surface area contributed by atoms with Crippen LogP contribution in [0.1, 0.15) is 35.7 Å². The summed E-state index contributed by atoms with van der Waals surface area (Å²) in [7, 11) is 3.99. The summed E-state index contributed by atoms with van der Waals surface area (Å²) >= 11 is 0. The number of phenols is 1. The van der Waals surface area contributed by atoms with Gasteiger partial charge < -0.3 is 9.84 Å². The molecule has 4 rings (SSSR count). The van der Waals surface area contributed by atoms with Crippen molar-refractivity contribution in [3.63, 3.8) is 0 Å². The third-order valence-corrected chi connectivity index (χ3v) is 5.22. The Morgan fingerprint density at radius 1 is 1.35 bits per heavy atom. The van der Waals surface area contributed by atoms with Gasteiger partial charge in [-0.3, -0.25) is 9.58 Å². The normalized spacial score (nSPS) is 28.0. The minimum absolute atomic E-state index is 0.142. The van der Waals surface area contributed by atoms with E-state index in [1.807, 2.05) is 19.3 Å². The number of nitrogens with zero attached hydrogens (tertiary/aromatic N) is 4. The van der Waals surface area contributed by atoms with Crippen LogP contribution in [0.2, 0.25) is 0 Å². The number of benzene rings is 1. The Kier molecular flexibility index (Phi) is 3.39. The molecule has 1 spiro atoms. The molecule has 6 heteroatoms. The monoisotopic (exact) mass is 314 g/mol. The van der Waals surface area contributed by atoms with Crippen molar-refractivity contribution in [2.24, 2.45) is 7.05 Å². The average molecular weight is 314 g/mol. The molecule has 0 bridgehead atoms. The molecule has 3 heterocycles. The summed E-state index contributed by atoms with van der Waals surface area (Å²) in [4.78, 5) is 2.30. The number of ether oxygens (including phenoxy) is 1. The first kappa shape index (κ1) is 14.7. The summed E-state index contributed by atoms with van der Waals surface area (Å²) in [6.45, 7) is 1.60. The molecule has 6 nitrogen and oxygen atoms in total. The maximum Gasteiger partial charge on any atom is 0.121 e. The molecular formula is C17H22N4O2. The van der Waals surface area contributed by atoms with Crippen molar-refractivity contribution < 1.29 is 9.84 Å². The predicted octanol–water partition coefficient (Wildman–Crippen LogP) is 1.76. The smallest absolute Gasteiger partial charge is 0.121 e. The van der Waals surface area contributed by atoms with Gasteiger partial charge in [0.25, 0.3) is 0 Å². The molecule has 0 amide bonds. The lowest BCUT2D eigenvalue weighted by molar-refractivity contribution is -0.112. The van der Waals surface area contributed by atoms with Crippen molar-refractivity contribution in [2.45, 2.75) is 30.9 Å². The van der Waals surface area contributed by atoms with E-state index in [2.05, 4.69) is 28.3 Å². The fourth-order valence-electron chi connectivity index (χ4n) is 4.04. The Morgan fingerprint density at radius 3 is 3.00 bits per heavy atom. The fraction of sp³-hybridized carbons (Fsp3) is 0.529. The van der Waals surface area contributed by atoms with Gasteiger partial charge in [0.2, 0.25) is 0 Å². The lowest BCUT2D eigenvalue weighted by atomic mass is 9.76. The number of rotatable bonds is 1. The van der Waals surface area contributed by atoms with E-state index in [-0.39, 0.29) is 6.04 Å². The summed E-state index contributed by atoms with van der Waals surface area (Å²) in [6, 6.07) is 5.94. The standard InChI is InChI=1S/C17H22N4O2/c1-20-8-7-17(10-14(20)13-11-21(2)19-18-13)16-12(6-9-23-17)4-3-5-15(16)22/h3-5,11,14,22H,6-10H2,1-2H3. The van der Waals surface area contributed by atoms with Crippen molar-refractivity contribution in [1.82, 2.24) is 19.9 Å². The number of aromatic nitrogens is 3. The largest absolute Gasteiger partial charge is 0.508 e. The van der Waals surface area contributed by atoms with E-state index in [0.717, 1.165) is 37.1 Å². The van der Waals surface area contributed by atoms with E-state index in [9.17, 15) is 5.11 Å². The SMILES string of the molecule is CN1CCC2(CC1c1cn(C)nn1)OCCc1cccc(O)c12. The van der Waals surface area contributed by atoms with Crippen LogP contribution in [-0.4, -0.2) is 45.2 Å². The van der Waals surface area contributed by atoms with E-state index in [4.69, 9.17) is 4.74 Å². The van der Waals surface area contributed by atoms with Crippen molar-refractivity contribution in [1.29, 1.82) is 0 Å². The molecule has 1 aromatic carbocycles. The Labute approximate surface area is 135 Å². The molecule has 122 valence electrons. The highest BCUT2D eigenvalue weighted by Crippen LogP contribution is 2.49. The first-order valence-electron chi connectivity index (χ1n) is 8.11. The van der Waals surface area contributed by atoms with E-state index >= 15 is 0 Å². The predicted molar refractivity (Wildman–Crippen MR) is 85.0 cm³/mol. The fourth-order valence-corrected chi connectivity index (χ4v) is 4.04. The third-order valence-electron chi connectivity index (χ3n) is 5.22. The zero-order valence-corrected chi connectivity index (χ0v) is 13.6. The number of fused-ring (bicyclic) bond motifs is 2. The first-order chi connectivity index (χ1) is 11.1. The topological polar surface area (TPSA) is 63.4 Å². The first-order valence-corrected chi connectivity index (χ1v) is 8.11. The molecule has 23 heavy (non-hydrogen) atoms. The highest BCUT2D eigenvalue weighted by atomic mass is 16.5. The van der Waals surface area contributed by atoms with E-state index in [1.165, 1.54) is 5.56 Å². The number of hydrogen-bond acceptors (Lipinski definition) is 5. The summed E-state index contributed by atoms with van der Waals surface area (Å²) < 4.78 is 8.01. The minimum Gasteiger partial charge on any atom is -0.508 e. The second-order valence-electron chi connectivity index (χ2n) is 6.67. The van der Waals surface area contributed by atoms with Gasteiger partial charge in [0.05, 0.1) is 18.3 Å². The van der Waals surface area contributed by atoms with Crippen LogP contribution >= 0.6 is 0 Å². The molecule has 2 unspecified atom stereocenters. The maximum atomic E-state index is 10.5.